The molecule has 0 bridgehead atoms. The molecule has 0 aromatic carbocycles. The van der Waals surface area contributed by atoms with Crippen molar-refractivity contribution in [2.75, 3.05) is 19.8 Å². The van der Waals surface area contributed by atoms with Crippen LogP contribution >= 0.6 is 22.6 Å². The van der Waals surface area contributed by atoms with Gasteiger partial charge in [0, 0.05) is 6.54 Å². The third-order valence-electron chi connectivity index (χ3n) is 3.78. The Labute approximate surface area is 134 Å². The minimum absolute atomic E-state index is 0.149. The Morgan fingerprint density at radius 2 is 1.58 bits per heavy atom. The van der Waals surface area contributed by atoms with E-state index >= 15 is 0 Å². The number of hydrogen-bond donors (Lipinski definition) is 1. The summed E-state index contributed by atoms with van der Waals surface area (Å²) in [6, 6.07) is 0. The van der Waals surface area contributed by atoms with E-state index < -0.39 is 0 Å². The highest BCUT2D eigenvalue weighted by molar-refractivity contribution is 14.1. The first-order chi connectivity index (χ1) is 8.36. The van der Waals surface area contributed by atoms with E-state index in [1.807, 2.05) is 0 Å². The minimum Gasteiger partial charge on any atom is -0.380 e. The van der Waals surface area contributed by atoms with Crippen molar-refractivity contribution in [2.45, 2.75) is 65.4 Å². The Bertz CT molecular complexity index is 254. The zero-order valence-electron chi connectivity index (χ0n) is 14.2. The number of hydrogen-bond acceptors (Lipinski definition) is 2. The summed E-state index contributed by atoms with van der Waals surface area (Å²) in [5.41, 5.74) is 0.614. The van der Waals surface area contributed by atoms with E-state index in [9.17, 15) is 0 Å². The van der Waals surface area contributed by atoms with Crippen molar-refractivity contribution < 1.29 is 4.74 Å². The molecule has 116 valence electrons. The summed E-state index contributed by atoms with van der Waals surface area (Å²) in [6.45, 7) is 20.8. The summed E-state index contributed by atoms with van der Waals surface area (Å²) >= 11 is 2.40. The maximum Gasteiger partial charge on any atom is 0.0649 e. The van der Waals surface area contributed by atoms with Crippen molar-refractivity contribution in [3.05, 3.63) is 0 Å². The van der Waals surface area contributed by atoms with Crippen LogP contribution < -0.4 is 5.32 Å². The van der Waals surface area contributed by atoms with Gasteiger partial charge in [0.05, 0.1) is 16.8 Å². The number of ether oxygens (including phenoxy) is 1. The molecule has 0 aliphatic carbocycles. The predicted octanol–water partition coefficient (Wildman–Crippen LogP) is 4.86. The summed E-state index contributed by atoms with van der Waals surface area (Å²) < 4.78 is 6.00. The molecule has 0 aliphatic rings. The van der Waals surface area contributed by atoms with Crippen molar-refractivity contribution in [3.8, 4) is 0 Å². The Morgan fingerprint density at radius 3 is 2.00 bits per heavy atom. The first-order valence-corrected chi connectivity index (χ1v) is 8.45. The minimum atomic E-state index is 0.149. The van der Waals surface area contributed by atoms with E-state index in [1.165, 1.54) is 6.42 Å². The summed E-state index contributed by atoms with van der Waals surface area (Å²) in [5.74, 6) is 0.702. The normalized spacial score (nSPS) is 14.2. The molecular formula is C16H34INO. The maximum atomic E-state index is 5.85. The zero-order valence-corrected chi connectivity index (χ0v) is 16.3. The Hall–Kier alpha value is 0.650. The average molecular weight is 383 g/mol. The van der Waals surface area contributed by atoms with E-state index in [2.05, 4.69) is 83.3 Å². The van der Waals surface area contributed by atoms with Crippen LogP contribution in [0.2, 0.25) is 0 Å². The summed E-state index contributed by atoms with van der Waals surface area (Å²) in [6.07, 6.45) is 1.20. The summed E-state index contributed by atoms with van der Waals surface area (Å²) in [7, 11) is 0. The predicted molar refractivity (Wildman–Crippen MR) is 93.9 cm³/mol. The van der Waals surface area contributed by atoms with Crippen LogP contribution in [0, 0.1) is 16.7 Å². The fraction of sp³-hybridized carbons (Fsp3) is 1.00. The monoisotopic (exact) mass is 383 g/mol. The van der Waals surface area contributed by atoms with Gasteiger partial charge in [0.2, 0.25) is 0 Å². The molecule has 3 heteroatoms. The number of nitrogens with one attached hydrogen (secondary N) is 1. The van der Waals surface area contributed by atoms with Crippen molar-refractivity contribution in [3.63, 3.8) is 0 Å². The molecule has 0 unspecified atom stereocenters. The van der Waals surface area contributed by atoms with Crippen LogP contribution in [0.4, 0.5) is 0 Å². The Balaban J connectivity index is 3.98. The molecule has 0 spiro atoms. The van der Waals surface area contributed by atoms with Gasteiger partial charge in [-0.25, -0.2) is 0 Å². The van der Waals surface area contributed by atoms with Crippen LogP contribution in [-0.4, -0.2) is 23.3 Å². The van der Waals surface area contributed by atoms with Crippen LogP contribution in [0.25, 0.3) is 0 Å². The lowest BCUT2D eigenvalue weighted by molar-refractivity contribution is 0.0273. The van der Waals surface area contributed by atoms with Crippen molar-refractivity contribution in [1.82, 2.24) is 5.32 Å². The molecule has 0 atom stereocenters. The molecular weight excluding hydrogens is 349 g/mol. The van der Waals surface area contributed by atoms with Gasteiger partial charge in [-0.05, 0) is 37.0 Å². The zero-order chi connectivity index (χ0) is 15.3. The average Bonchev–Trinajstić information content (AvgIpc) is 2.12. The van der Waals surface area contributed by atoms with Gasteiger partial charge in [-0.3, -0.25) is 0 Å². The van der Waals surface area contributed by atoms with Gasteiger partial charge < -0.3 is 10.1 Å². The van der Waals surface area contributed by atoms with E-state index in [4.69, 9.17) is 4.74 Å². The fourth-order valence-electron chi connectivity index (χ4n) is 2.26. The number of alkyl halides is 1. The molecule has 0 heterocycles. The van der Waals surface area contributed by atoms with Gasteiger partial charge in [0.1, 0.15) is 0 Å². The fourth-order valence-corrected chi connectivity index (χ4v) is 2.53. The second-order valence-corrected chi connectivity index (χ2v) is 10.6. The molecule has 0 radical (unpaired) electrons. The van der Waals surface area contributed by atoms with Gasteiger partial charge in [0.15, 0.2) is 0 Å². The van der Waals surface area contributed by atoms with Crippen molar-refractivity contribution in [2.24, 2.45) is 16.7 Å². The lowest BCUT2D eigenvalue weighted by Crippen LogP contribution is -2.36. The van der Waals surface area contributed by atoms with E-state index in [0.29, 0.717) is 11.3 Å². The lowest BCUT2D eigenvalue weighted by Gasteiger charge is -2.37. The molecule has 0 fully saturated rings. The molecule has 1 N–H and O–H groups in total. The van der Waals surface area contributed by atoms with Crippen molar-refractivity contribution in [1.29, 1.82) is 0 Å². The molecule has 0 saturated carbocycles. The van der Waals surface area contributed by atoms with Gasteiger partial charge in [-0.2, -0.15) is 0 Å². The van der Waals surface area contributed by atoms with Crippen LogP contribution in [0.3, 0.4) is 0 Å². The van der Waals surface area contributed by atoms with E-state index in [-0.39, 0.29) is 8.96 Å². The molecule has 0 aromatic rings. The Kier molecular flexibility index (Phi) is 7.86. The van der Waals surface area contributed by atoms with E-state index in [0.717, 1.165) is 19.8 Å². The molecule has 0 amide bonds. The van der Waals surface area contributed by atoms with E-state index in [1.54, 1.807) is 0 Å². The summed E-state index contributed by atoms with van der Waals surface area (Å²) in [4.78, 5) is 0. The second kappa shape index (κ2) is 7.60. The largest absolute Gasteiger partial charge is 0.380 e. The van der Waals surface area contributed by atoms with Gasteiger partial charge in [-0.1, -0.05) is 64.1 Å². The Morgan fingerprint density at radius 1 is 1.05 bits per heavy atom. The van der Waals surface area contributed by atoms with Crippen LogP contribution in [0.1, 0.15) is 61.8 Å². The van der Waals surface area contributed by atoms with Gasteiger partial charge in [-0.15, -0.1) is 0 Å². The first kappa shape index (κ1) is 19.7. The standard InChI is InChI=1S/C16H34INO/c1-13(2)15(5,6)11-14(3,4)12-19-10-9-18-16(7,8)17/h13,18H,9-12H2,1-8H3. The highest BCUT2D eigenvalue weighted by Crippen LogP contribution is 2.39. The first-order valence-electron chi connectivity index (χ1n) is 7.37. The number of rotatable bonds is 9. The molecule has 19 heavy (non-hydrogen) atoms. The molecule has 2 nitrogen and oxygen atoms in total. The molecule has 0 saturated heterocycles. The van der Waals surface area contributed by atoms with Crippen LogP contribution in [-0.2, 0) is 4.74 Å². The molecule has 0 rings (SSSR count). The van der Waals surface area contributed by atoms with Gasteiger partial charge >= 0.3 is 0 Å². The SMILES string of the molecule is CC(C)C(C)(C)CC(C)(C)COCCNC(C)(C)I. The van der Waals surface area contributed by atoms with Gasteiger partial charge in [0.25, 0.3) is 0 Å². The highest BCUT2D eigenvalue weighted by Gasteiger charge is 2.31. The summed E-state index contributed by atoms with van der Waals surface area (Å²) in [5, 5.41) is 3.44. The second-order valence-electron chi connectivity index (χ2n) is 7.94. The topological polar surface area (TPSA) is 21.3 Å². The molecule has 0 aromatic heterocycles. The highest BCUT2D eigenvalue weighted by atomic mass is 127. The van der Waals surface area contributed by atoms with Crippen LogP contribution in [0.5, 0.6) is 0 Å². The van der Waals surface area contributed by atoms with Crippen LogP contribution in [0.15, 0.2) is 0 Å². The third-order valence-corrected chi connectivity index (χ3v) is 4.16. The number of halogens is 1. The smallest absolute Gasteiger partial charge is 0.0649 e. The molecule has 0 aliphatic heterocycles. The maximum absolute atomic E-state index is 5.85. The lowest BCUT2D eigenvalue weighted by atomic mass is 9.70. The third kappa shape index (κ3) is 10.1. The quantitative estimate of drug-likeness (QED) is 0.266. The van der Waals surface area contributed by atoms with Crippen molar-refractivity contribution >= 4 is 22.6 Å².